The number of amides is 2. The number of nitrogens with zero attached hydrogens (tertiary/aromatic N) is 1. The Morgan fingerprint density at radius 1 is 0.800 bits per heavy atom. The molecule has 12 nitrogen and oxygen atoms in total. The van der Waals surface area contributed by atoms with Crippen molar-refractivity contribution in [2.24, 2.45) is 0 Å². The largest absolute Gasteiger partial charge is 0.481 e. The minimum atomic E-state index is -1.67. The predicted molar refractivity (Wildman–Crippen MR) is 77.5 cm³/mol. The molecule has 0 bridgehead atoms. The molecule has 25 heavy (non-hydrogen) atoms. The Morgan fingerprint density at radius 2 is 1.36 bits per heavy atom. The molecule has 0 rings (SSSR count). The third-order valence-corrected chi connectivity index (χ3v) is 2.92. The molecule has 140 valence electrons. The molecule has 0 saturated carbocycles. The monoisotopic (exact) mass is 362 g/mol. The molecule has 1 atom stereocenters. The van der Waals surface area contributed by atoms with Gasteiger partial charge >= 0.3 is 23.9 Å². The Balaban J connectivity index is 5.23. The summed E-state index contributed by atoms with van der Waals surface area (Å²) in [5.41, 5.74) is 0. The summed E-state index contributed by atoms with van der Waals surface area (Å²) in [6.07, 6.45) is -2.32. The van der Waals surface area contributed by atoms with Crippen LogP contribution in [0.1, 0.15) is 25.7 Å². The van der Waals surface area contributed by atoms with Gasteiger partial charge in [0.1, 0.15) is 19.1 Å². The molecule has 2 amide bonds. The topological polar surface area (TPSA) is 199 Å². The highest BCUT2D eigenvalue weighted by Crippen LogP contribution is 2.11. The number of carboxylic acids is 4. The number of carbonyl (C=O) groups is 6. The Kier molecular flexibility index (Phi) is 9.22. The van der Waals surface area contributed by atoms with Crippen LogP contribution < -0.4 is 5.32 Å². The van der Waals surface area contributed by atoms with E-state index in [0.29, 0.717) is 4.90 Å². The summed E-state index contributed by atoms with van der Waals surface area (Å²) >= 11 is 0. The van der Waals surface area contributed by atoms with E-state index in [1.54, 1.807) is 0 Å². The second-order valence-electron chi connectivity index (χ2n) is 4.87. The summed E-state index contributed by atoms with van der Waals surface area (Å²) < 4.78 is 0. The lowest BCUT2D eigenvalue weighted by Gasteiger charge is -2.28. The molecule has 0 aromatic carbocycles. The molecule has 0 spiro atoms. The maximum absolute atomic E-state index is 12.1. The molecule has 0 aliphatic carbocycles. The number of carboxylic acid groups (broad SMARTS) is 4. The van der Waals surface area contributed by atoms with Gasteiger partial charge in [-0.1, -0.05) is 0 Å². The van der Waals surface area contributed by atoms with Crippen molar-refractivity contribution in [3.8, 4) is 0 Å². The zero-order valence-electron chi connectivity index (χ0n) is 13.0. The SMILES string of the molecule is O=C(O)CCC(=O)N(CC(=O)NCC(=O)O)C(CCC(=O)O)C(=O)O. The Bertz CT molecular complexity index is 559. The normalized spacial score (nSPS) is 11.2. The Morgan fingerprint density at radius 3 is 1.80 bits per heavy atom. The summed E-state index contributed by atoms with van der Waals surface area (Å²) in [6, 6.07) is -1.67. The van der Waals surface area contributed by atoms with E-state index in [1.807, 2.05) is 5.32 Å². The van der Waals surface area contributed by atoms with Crippen molar-refractivity contribution in [1.29, 1.82) is 0 Å². The number of hydrogen-bond acceptors (Lipinski definition) is 6. The van der Waals surface area contributed by atoms with E-state index in [9.17, 15) is 33.9 Å². The van der Waals surface area contributed by atoms with E-state index in [0.717, 1.165) is 0 Å². The summed E-state index contributed by atoms with van der Waals surface area (Å²) in [7, 11) is 0. The van der Waals surface area contributed by atoms with E-state index in [1.165, 1.54) is 0 Å². The van der Waals surface area contributed by atoms with Crippen molar-refractivity contribution in [3.63, 3.8) is 0 Å². The maximum Gasteiger partial charge on any atom is 0.326 e. The first-order valence-electron chi connectivity index (χ1n) is 6.99. The van der Waals surface area contributed by atoms with Crippen molar-refractivity contribution < 1.29 is 49.2 Å². The van der Waals surface area contributed by atoms with Crippen molar-refractivity contribution >= 4 is 35.7 Å². The van der Waals surface area contributed by atoms with Gasteiger partial charge in [0.05, 0.1) is 6.42 Å². The van der Waals surface area contributed by atoms with Crippen LogP contribution in [0.15, 0.2) is 0 Å². The van der Waals surface area contributed by atoms with E-state index in [-0.39, 0.29) is 0 Å². The quantitative estimate of drug-likeness (QED) is 0.264. The fourth-order valence-electron chi connectivity index (χ4n) is 1.79. The van der Waals surface area contributed by atoms with Crippen LogP contribution in [0, 0.1) is 0 Å². The van der Waals surface area contributed by atoms with Gasteiger partial charge in [0.2, 0.25) is 11.8 Å². The summed E-state index contributed by atoms with van der Waals surface area (Å²) in [4.78, 5) is 67.1. The van der Waals surface area contributed by atoms with Crippen LogP contribution in [0.3, 0.4) is 0 Å². The van der Waals surface area contributed by atoms with Gasteiger partial charge in [0, 0.05) is 12.8 Å². The lowest BCUT2D eigenvalue weighted by atomic mass is 10.1. The highest BCUT2D eigenvalue weighted by Gasteiger charge is 2.31. The highest BCUT2D eigenvalue weighted by molar-refractivity contribution is 5.91. The molecule has 0 saturated heterocycles. The lowest BCUT2D eigenvalue weighted by Crippen LogP contribution is -2.50. The number of rotatable bonds is 12. The number of nitrogens with one attached hydrogen (secondary N) is 1. The van der Waals surface area contributed by atoms with E-state index >= 15 is 0 Å². The van der Waals surface area contributed by atoms with Crippen LogP contribution in [0.25, 0.3) is 0 Å². The van der Waals surface area contributed by atoms with Gasteiger partial charge in [-0.2, -0.15) is 0 Å². The van der Waals surface area contributed by atoms with Gasteiger partial charge in [-0.15, -0.1) is 0 Å². The molecule has 1 unspecified atom stereocenters. The molecule has 5 N–H and O–H groups in total. The number of aliphatic carboxylic acids is 4. The summed E-state index contributed by atoms with van der Waals surface area (Å²) in [6.45, 7) is -1.61. The first-order chi connectivity index (χ1) is 11.5. The van der Waals surface area contributed by atoms with Gasteiger partial charge in [-0.05, 0) is 6.42 Å². The smallest absolute Gasteiger partial charge is 0.326 e. The molecule has 0 aromatic heterocycles. The Hall–Kier alpha value is -3.18. The third kappa shape index (κ3) is 9.53. The first kappa shape index (κ1) is 21.8. The first-order valence-corrected chi connectivity index (χ1v) is 6.99. The predicted octanol–water partition coefficient (Wildman–Crippen LogP) is -1.80. The van der Waals surface area contributed by atoms with Crippen LogP contribution in [-0.4, -0.2) is 80.1 Å². The molecule has 12 heteroatoms. The van der Waals surface area contributed by atoms with Crippen molar-refractivity contribution in [2.45, 2.75) is 31.7 Å². The molecule has 0 aliphatic rings. The minimum Gasteiger partial charge on any atom is -0.481 e. The molecule has 0 heterocycles. The van der Waals surface area contributed by atoms with Gasteiger partial charge in [0.25, 0.3) is 0 Å². The Labute approximate surface area is 141 Å². The fourth-order valence-corrected chi connectivity index (χ4v) is 1.79. The standard InChI is InChI=1S/C13H18N2O10/c16-8(14-5-12(22)23)6-15(9(17)2-4-11(20)21)7(13(24)25)1-3-10(18)19/h7H,1-6H2,(H,14,16)(H,18,19)(H,20,21)(H,22,23)(H,24,25). The van der Waals surface area contributed by atoms with Gasteiger partial charge < -0.3 is 30.6 Å². The fraction of sp³-hybridized carbons (Fsp3) is 0.538. The van der Waals surface area contributed by atoms with E-state index in [2.05, 4.69) is 0 Å². The van der Waals surface area contributed by atoms with Gasteiger partial charge in [-0.3, -0.25) is 24.0 Å². The summed E-state index contributed by atoms with van der Waals surface area (Å²) in [5.74, 6) is -7.53. The van der Waals surface area contributed by atoms with Crippen molar-refractivity contribution in [3.05, 3.63) is 0 Å². The summed E-state index contributed by atoms with van der Waals surface area (Å²) in [5, 5.41) is 36.8. The zero-order chi connectivity index (χ0) is 19.6. The van der Waals surface area contributed by atoms with E-state index < -0.39 is 80.5 Å². The maximum atomic E-state index is 12.1. The van der Waals surface area contributed by atoms with Crippen LogP contribution in [0.2, 0.25) is 0 Å². The highest BCUT2D eigenvalue weighted by atomic mass is 16.4. The van der Waals surface area contributed by atoms with Crippen LogP contribution in [0.5, 0.6) is 0 Å². The van der Waals surface area contributed by atoms with Gasteiger partial charge in [0.15, 0.2) is 0 Å². The average Bonchev–Trinajstić information content (AvgIpc) is 2.48. The minimum absolute atomic E-state index is 0.504. The zero-order valence-corrected chi connectivity index (χ0v) is 13.0. The average molecular weight is 362 g/mol. The molecule has 0 aromatic rings. The van der Waals surface area contributed by atoms with E-state index in [4.69, 9.17) is 15.3 Å². The van der Waals surface area contributed by atoms with Crippen molar-refractivity contribution in [1.82, 2.24) is 10.2 Å². The van der Waals surface area contributed by atoms with Crippen molar-refractivity contribution in [2.75, 3.05) is 13.1 Å². The second-order valence-corrected chi connectivity index (χ2v) is 4.87. The molecular weight excluding hydrogens is 344 g/mol. The number of carbonyl (C=O) groups excluding carboxylic acids is 2. The third-order valence-electron chi connectivity index (χ3n) is 2.92. The van der Waals surface area contributed by atoms with Crippen LogP contribution >= 0.6 is 0 Å². The molecule has 0 radical (unpaired) electrons. The second kappa shape index (κ2) is 10.6. The molecule has 0 fully saturated rings. The van der Waals surface area contributed by atoms with Gasteiger partial charge in [-0.25, -0.2) is 4.79 Å². The number of hydrogen-bond donors (Lipinski definition) is 5. The molecule has 0 aliphatic heterocycles. The lowest BCUT2D eigenvalue weighted by molar-refractivity contribution is -0.153. The van der Waals surface area contributed by atoms with Crippen LogP contribution in [-0.2, 0) is 28.8 Å². The molecular formula is C13H18N2O10. The van der Waals surface area contributed by atoms with Crippen LogP contribution in [0.4, 0.5) is 0 Å².